The Morgan fingerprint density at radius 1 is 0.800 bits per heavy atom. The van der Waals surface area contributed by atoms with Crippen molar-refractivity contribution in [3.63, 3.8) is 0 Å². The fraction of sp³-hybridized carbons (Fsp3) is 0.571. The fourth-order valence-electron chi connectivity index (χ4n) is 4.81. The largest absolute Gasteiger partial charge is 0.439 e. The number of unbranched alkanes of at least 4 members (excludes halogenated alkanes) is 2. The zero-order valence-corrected chi connectivity index (χ0v) is 20.1. The van der Waals surface area contributed by atoms with Crippen molar-refractivity contribution in [2.45, 2.75) is 95.5 Å². The normalized spacial score (nSPS) is 20.0. The second-order valence-electron chi connectivity index (χ2n) is 9.67. The molecule has 1 atom stereocenters. The highest BCUT2D eigenvalue weighted by Crippen LogP contribution is 2.38. The van der Waals surface area contributed by atoms with Gasteiger partial charge in [-0.15, -0.1) is 0 Å². The molecule has 3 rings (SSSR count). The Hall–Kier alpha value is -2.18. The summed E-state index contributed by atoms with van der Waals surface area (Å²) in [5, 5.41) is 0. The molecule has 194 valence electrons. The third-order valence-electron chi connectivity index (χ3n) is 6.97. The van der Waals surface area contributed by atoms with Gasteiger partial charge in [-0.2, -0.15) is 22.0 Å². The van der Waals surface area contributed by atoms with Crippen LogP contribution in [0.5, 0.6) is 5.75 Å². The lowest BCUT2D eigenvalue weighted by molar-refractivity contribution is -0.304. The van der Waals surface area contributed by atoms with Crippen molar-refractivity contribution in [1.29, 1.82) is 0 Å². The fourth-order valence-corrected chi connectivity index (χ4v) is 4.81. The van der Waals surface area contributed by atoms with Crippen LogP contribution in [0.2, 0.25) is 0 Å². The van der Waals surface area contributed by atoms with E-state index in [0.29, 0.717) is 11.8 Å². The van der Waals surface area contributed by atoms with Gasteiger partial charge in [0.05, 0.1) is 0 Å². The molecule has 0 saturated heterocycles. The zero-order valence-electron chi connectivity index (χ0n) is 20.1. The van der Waals surface area contributed by atoms with E-state index < -0.39 is 24.2 Å². The van der Waals surface area contributed by atoms with Crippen molar-refractivity contribution in [2.24, 2.45) is 5.92 Å². The Morgan fingerprint density at radius 3 is 1.94 bits per heavy atom. The summed E-state index contributed by atoms with van der Waals surface area (Å²) in [7, 11) is 0. The van der Waals surface area contributed by atoms with E-state index in [1.54, 1.807) is 12.1 Å². The Bertz CT molecular complexity index is 883. The van der Waals surface area contributed by atoms with Crippen LogP contribution in [0.3, 0.4) is 0 Å². The molecule has 2 aromatic rings. The van der Waals surface area contributed by atoms with E-state index in [9.17, 15) is 26.3 Å². The predicted octanol–water partition coefficient (Wildman–Crippen LogP) is 9.20. The summed E-state index contributed by atoms with van der Waals surface area (Å²) < 4.78 is 80.5. The second kappa shape index (κ2) is 12.2. The van der Waals surface area contributed by atoms with Crippen molar-refractivity contribution >= 4 is 0 Å². The van der Waals surface area contributed by atoms with Crippen LogP contribution in [0.15, 0.2) is 48.5 Å². The lowest BCUT2D eigenvalue weighted by Gasteiger charge is -2.29. The Balaban J connectivity index is 1.42. The van der Waals surface area contributed by atoms with E-state index in [-0.39, 0.29) is 0 Å². The van der Waals surface area contributed by atoms with Crippen LogP contribution in [0.4, 0.5) is 26.3 Å². The molecule has 0 aliphatic heterocycles. The van der Waals surface area contributed by atoms with E-state index in [1.165, 1.54) is 30.4 Å². The van der Waals surface area contributed by atoms with Gasteiger partial charge in [-0.05, 0) is 92.0 Å². The minimum absolute atomic E-state index is 0.498. The third-order valence-corrected chi connectivity index (χ3v) is 6.97. The summed E-state index contributed by atoms with van der Waals surface area (Å²) >= 11 is 0. The van der Waals surface area contributed by atoms with E-state index >= 15 is 0 Å². The Morgan fingerprint density at radius 2 is 1.37 bits per heavy atom. The third kappa shape index (κ3) is 8.18. The Labute approximate surface area is 203 Å². The number of hydrogen-bond acceptors (Lipinski definition) is 1. The van der Waals surface area contributed by atoms with Gasteiger partial charge >= 0.3 is 12.3 Å². The number of rotatable bonds is 11. The van der Waals surface area contributed by atoms with Crippen LogP contribution < -0.4 is 4.74 Å². The predicted molar refractivity (Wildman–Crippen MR) is 126 cm³/mol. The van der Waals surface area contributed by atoms with Crippen LogP contribution in [-0.4, -0.2) is 18.5 Å². The molecule has 0 amide bonds. The number of halogens is 6. The molecule has 1 saturated carbocycles. The van der Waals surface area contributed by atoms with Crippen LogP contribution in [0.1, 0.15) is 80.9 Å². The van der Waals surface area contributed by atoms with Crippen LogP contribution in [0.25, 0.3) is 0 Å². The first-order valence-electron chi connectivity index (χ1n) is 12.5. The molecular weight excluding hydrogens is 466 g/mol. The molecule has 1 aliphatic rings. The lowest BCUT2D eigenvalue weighted by atomic mass is 9.77. The first-order chi connectivity index (χ1) is 16.6. The molecule has 0 heterocycles. The van der Waals surface area contributed by atoms with Gasteiger partial charge in [-0.25, -0.2) is 4.39 Å². The van der Waals surface area contributed by atoms with Crippen LogP contribution in [0, 0.1) is 5.92 Å². The van der Waals surface area contributed by atoms with Crippen molar-refractivity contribution in [3.05, 3.63) is 65.2 Å². The maximum absolute atomic E-state index is 13.4. The number of ether oxygens (including phenoxy) is 1. The standard InChI is InChI=1S/C28H34F6O/c1-2-3-4-5-20-8-14-23(15-9-20)24-16-10-21(11-17-24)6-7-22-12-18-25(19-13-22)35-28(33,34)26(29)27(30,31)32/h8-9,12-15,18-19,21,24,26H,2-7,10-11,16-17H2,1H3. The number of alkyl halides is 6. The van der Waals surface area contributed by atoms with Gasteiger partial charge in [0, 0.05) is 0 Å². The van der Waals surface area contributed by atoms with Gasteiger partial charge in [-0.1, -0.05) is 56.2 Å². The summed E-state index contributed by atoms with van der Waals surface area (Å²) in [5.74, 6) is 0.673. The molecule has 0 bridgehead atoms. The van der Waals surface area contributed by atoms with Crippen molar-refractivity contribution in [1.82, 2.24) is 0 Å². The number of benzene rings is 2. The zero-order chi connectivity index (χ0) is 25.5. The minimum Gasteiger partial charge on any atom is -0.430 e. The van der Waals surface area contributed by atoms with Crippen molar-refractivity contribution in [3.8, 4) is 5.75 Å². The smallest absolute Gasteiger partial charge is 0.430 e. The molecule has 0 spiro atoms. The quantitative estimate of drug-likeness (QED) is 0.221. The summed E-state index contributed by atoms with van der Waals surface area (Å²) in [4.78, 5) is 0. The highest BCUT2D eigenvalue weighted by Gasteiger charge is 2.59. The summed E-state index contributed by atoms with van der Waals surface area (Å²) in [6, 6.07) is 14.5. The summed E-state index contributed by atoms with van der Waals surface area (Å²) in [6.07, 6.45) is -3.93. The second-order valence-corrected chi connectivity index (χ2v) is 9.67. The monoisotopic (exact) mass is 500 g/mol. The highest BCUT2D eigenvalue weighted by molar-refractivity contribution is 5.28. The van der Waals surface area contributed by atoms with Gasteiger partial charge in [0.2, 0.25) is 0 Å². The molecule has 0 radical (unpaired) electrons. The molecule has 1 unspecified atom stereocenters. The molecule has 7 heteroatoms. The Kier molecular flexibility index (Phi) is 9.54. The molecule has 1 aliphatic carbocycles. The van der Waals surface area contributed by atoms with Gasteiger partial charge in [0.25, 0.3) is 6.17 Å². The molecule has 1 fully saturated rings. The maximum atomic E-state index is 13.4. The number of aryl methyl sites for hydroxylation is 2. The topological polar surface area (TPSA) is 9.23 Å². The van der Waals surface area contributed by atoms with Gasteiger partial charge in [0.15, 0.2) is 0 Å². The molecule has 2 aromatic carbocycles. The molecular formula is C28H34F6O. The van der Waals surface area contributed by atoms with E-state index in [0.717, 1.165) is 62.6 Å². The lowest BCUT2D eigenvalue weighted by Crippen LogP contribution is -2.45. The van der Waals surface area contributed by atoms with Gasteiger partial charge in [0.1, 0.15) is 5.75 Å². The van der Waals surface area contributed by atoms with E-state index in [2.05, 4.69) is 35.9 Å². The average Bonchev–Trinajstić information content (AvgIpc) is 2.83. The van der Waals surface area contributed by atoms with Crippen LogP contribution in [-0.2, 0) is 12.8 Å². The average molecular weight is 501 g/mol. The molecule has 0 N–H and O–H groups in total. The molecule has 0 aromatic heterocycles. The van der Waals surface area contributed by atoms with E-state index in [4.69, 9.17) is 0 Å². The van der Waals surface area contributed by atoms with E-state index in [1.807, 2.05) is 0 Å². The molecule has 1 nitrogen and oxygen atoms in total. The van der Waals surface area contributed by atoms with Crippen molar-refractivity contribution in [2.75, 3.05) is 0 Å². The highest BCUT2D eigenvalue weighted by atomic mass is 19.4. The SMILES string of the molecule is CCCCCc1ccc(C2CCC(CCc3ccc(OC(F)(F)C(F)C(F)(F)F)cc3)CC2)cc1. The first kappa shape index (κ1) is 27.4. The minimum atomic E-state index is -5.69. The van der Waals surface area contributed by atoms with Crippen molar-refractivity contribution < 1.29 is 31.1 Å². The molecule has 35 heavy (non-hydrogen) atoms. The summed E-state index contributed by atoms with van der Waals surface area (Å²) in [5.41, 5.74) is 3.70. The van der Waals surface area contributed by atoms with Gasteiger partial charge < -0.3 is 4.74 Å². The van der Waals surface area contributed by atoms with Crippen LogP contribution >= 0.6 is 0 Å². The summed E-state index contributed by atoms with van der Waals surface area (Å²) in [6.45, 7) is 2.21. The van der Waals surface area contributed by atoms with Gasteiger partial charge in [-0.3, -0.25) is 0 Å². The number of hydrogen-bond donors (Lipinski definition) is 0. The maximum Gasteiger partial charge on any atom is 0.439 e. The first-order valence-corrected chi connectivity index (χ1v) is 12.5.